The molecule has 0 amide bonds. The average Bonchev–Trinajstić information content (AvgIpc) is 3.26. The molecule has 3 atom stereocenters. The molecule has 0 aromatic heterocycles. The summed E-state index contributed by atoms with van der Waals surface area (Å²) in [5.74, 6) is 1.38. The van der Waals surface area contributed by atoms with Crippen LogP contribution in [-0.4, -0.2) is 58.2 Å². The van der Waals surface area contributed by atoms with Gasteiger partial charge in [-0.1, -0.05) is 0 Å². The lowest BCUT2D eigenvalue weighted by molar-refractivity contribution is -0.0498. The first-order valence-corrected chi connectivity index (χ1v) is 11.7. The zero-order chi connectivity index (χ0) is 20.4. The van der Waals surface area contributed by atoms with Crippen molar-refractivity contribution in [3.63, 3.8) is 0 Å². The number of benzene rings is 1. The summed E-state index contributed by atoms with van der Waals surface area (Å²) in [6.45, 7) is 0.843. The maximum absolute atomic E-state index is 12.9. The lowest BCUT2D eigenvalue weighted by atomic mass is 10.00. The molecule has 162 valence electrons. The number of hydrogen-bond donors (Lipinski definition) is 1. The van der Waals surface area contributed by atoms with Gasteiger partial charge in [-0.2, -0.15) is 13.1 Å². The summed E-state index contributed by atoms with van der Waals surface area (Å²) in [4.78, 5) is 0.119. The van der Waals surface area contributed by atoms with E-state index in [1.807, 2.05) is 0 Å². The second-order valence-electron chi connectivity index (χ2n) is 8.32. The molecule has 1 unspecified atom stereocenters. The highest BCUT2D eigenvalue weighted by Gasteiger charge is 2.44. The van der Waals surface area contributed by atoms with Gasteiger partial charge in [0.2, 0.25) is 10.0 Å². The van der Waals surface area contributed by atoms with Gasteiger partial charge < -0.3 is 14.8 Å². The SMILES string of the molecule is O=S(=O)(c1ccc(OC(F)F)cc1)N1C[C@H]2CC(NCC3CCOCC3)C[C@H]2C1. The normalized spacial score (nSPS) is 28.7. The molecule has 3 fully saturated rings. The first-order chi connectivity index (χ1) is 13.9. The molecular weight excluding hydrogens is 402 g/mol. The smallest absolute Gasteiger partial charge is 0.387 e. The van der Waals surface area contributed by atoms with E-state index in [1.165, 1.54) is 24.3 Å². The Morgan fingerprint density at radius 2 is 1.72 bits per heavy atom. The Labute approximate surface area is 170 Å². The van der Waals surface area contributed by atoms with Crippen LogP contribution < -0.4 is 10.1 Å². The fraction of sp³-hybridized carbons (Fsp3) is 0.700. The number of hydrogen-bond acceptors (Lipinski definition) is 5. The lowest BCUT2D eigenvalue weighted by Gasteiger charge is -2.25. The minimum Gasteiger partial charge on any atom is -0.435 e. The predicted octanol–water partition coefficient (Wildman–Crippen LogP) is 2.70. The molecule has 1 saturated carbocycles. The lowest BCUT2D eigenvalue weighted by Crippen LogP contribution is -2.36. The summed E-state index contributed by atoms with van der Waals surface area (Å²) >= 11 is 0. The van der Waals surface area contributed by atoms with Gasteiger partial charge in [-0.05, 0) is 74.2 Å². The minimum absolute atomic E-state index is 0.0457. The zero-order valence-electron chi connectivity index (χ0n) is 16.3. The largest absolute Gasteiger partial charge is 0.435 e. The molecule has 1 aromatic carbocycles. The Bertz CT molecular complexity index is 770. The van der Waals surface area contributed by atoms with E-state index in [0.29, 0.717) is 36.9 Å². The van der Waals surface area contributed by atoms with E-state index < -0.39 is 16.6 Å². The van der Waals surface area contributed by atoms with Crippen LogP contribution in [0.15, 0.2) is 29.2 Å². The molecule has 0 bridgehead atoms. The zero-order valence-corrected chi connectivity index (χ0v) is 17.1. The van der Waals surface area contributed by atoms with E-state index in [-0.39, 0.29) is 10.6 Å². The van der Waals surface area contributed by atoms with Crippen LogP contribution in [0, 0.1) is 17.8 Å². The third-order valence-corrected chi connectivity index (χ3v) is 8.29. The van der Waals surface area contributed by atoms with E-state index in [0.717, 1.165) is 45.4 Å². The highest BCUT2D eigenvalue weighted by Crippen LogP contribution is 2.40. The Morgan fingerprint density at radius 1 is 1.10 bits per heavy atom. The number of rotatable bonds is 7. The summed E-state index contributed by atoms with van der Waals surface area (Å²) in [5, 5.41) is 3.69. The Hall–Kier alpha value is -1.29. The van der Waals surface area contributed by atoms with Crippen LogP contribution in [-0.2, 0) is 14.8 Å². The molecule has 2 heterocycles. The molecule has 9 heteroatoms. The van der Waals surface area contributed by atoms with E-state index >= 15 is 0 Å². The van der Waals surface area contributed by atoms with Gasteiger partial charge >= 0.3 is 6.61 Å². The third kappa shape index (κ3) is 4.90. The molecule has 0 radical (unpaired) electrons. The van der Waals surface area contributed by atoms with Crippen LogP contribution in [0.3, 0.4) is 0 Å². The topological polar surface area (TPSA) is 67.9 Å². The van der Waals surface area contributed by atoms with Crippen LogP contribution in [0.25, 0.3) is 0 Å². The summed E-state index contributed by atoms with van der Waals surface area (Å²) < 4.78 is 61.6. The van der Waals surface area contributed by atoms with Crippen molar-refractivity contribution in [1.82, 2.24) is 9.62 Å². The molecule has 29 heavy (non-hydrogen) atoms. The Kier molecular flexibility index (Phi) is 6.38. The summed E-state index contributed by atoms with van der Waals surface area (Å²) in [5.41, 5.74) is 0. The van der Waals surface area contributed by atoms with Gasteiger partial charge in [0, 0.05) is 32.3 Å². The number of nitrogens with one attached hydrogen (secondary N) is 1. The maximum Gasteiger partial charge on any atom is 0.387 e. The Morgan fingerprint density at radius 3 is 2.31 bits per heavy atom. The Balaban J connectivity index is 1.30. The maximum atomic E-state index is 12.9. The highest BCUT2D eigenvalue weighted by atomic mass is 32.2. The number of ether oxygens (including phenoxy) is 2. The predicted molar refractivity (Wildman–Crippen MR) is 103 cm³/mol. The highest BCUT2D eigenvalue weighted by molar-refractivity contribution is 7.89. The summed E-state index contributed by atoms with van der Waals surface area (Å²) in [6.07, 6.45) is 4.22. The van der Waals surface area contributed by atoms with Crippen LogP contribution in [0.1, 0.15) is 25.7 Å². The van der Waals surface area contributed by atoms with Gasteiger partial charge in [-0.3, -0.25) is 0 Å². The van der Waals surface area contributed by atoms with Crippen molar-refractivity contribution in [1.29, 1.82) is 0 Å². The van der Waals surface area contributed by atoms with Gasteiger partial charge in [-0.25, -0.2) is 8.42 Å². The number of halogens is 2. The van der Waals surface area contributed by atoms with Gasteiger partial charge in [-0.15, -0.1) is 0 Å². The molecule has 1 aromatic rings. The van der Waals surface area contributed by atoms with Crippen molar-refractivity contribution in [3.05, 3.63) is 24.3 Å². The third-order valence-electron chi connectivity index (χ3n) is 6.44. The first-order valence-electron chi connectivity index (χ1n) is 10.3. The van der Waals surface area contributed by atoms with Crippen molar-refractivity contribution in [3.8, 4) is 5.75 Å². The van der Waals surface area contributed by atoms with Gasteiger partial charge in [0.15, 0.2) is 0 Å². The standard InChI is InChI=1S/C20H28F2N2O4S/c21-20(22)28-18-1-3-19(4-2-18)29(25,26)24-12-15-9-17(10-16(15)13-24)23-11-14-5-7-27-8-6-14/h1-4,14-17,20,23H,5-13H2/t15-,16+,17?. The number of alkyl halides is 2. The fourth-order valence-electron chi connectivity index (χ4n) is 4.85. The minimum atomic E-state index is -3.62. The first kappa shape index (κ1) is 21.0. The van der Waals surface area contributed by atoms with Crippen molar-refractivity contribution >= 4 is 10.0 Å². The van der Waals surface area contributed by atoms with Crippen LogP contribution in [0.2, 0.25) is 0 Å². The molecule has 2 aliphatic heterocycles. The number of fused-ring (bicyclic) bond motifs is 1. The van der Waals surface area contributed by atoms with Crippen molar-refractivity contribution < 1.29 is 26.7 Å². The molecule has 4 rings (SSSR count). The van der Waals surface area contributed by atoms with Crippen LogP contribution in [0.5, 0.6) is 5.75 Å². The second kappa shape index (κ2) is 8.83. The fourth-order valence-corrected chi connectivity index (χ4v) is 6.40. The van der Waals surface area contributed by atoms with E-state index in [4.69, 9.17) is 4.74 Å². The van der Waals surface area contributed by atoms with Gasteiger partial charge in [0.1, 0.15) is 5.75 Å². The van der Waals surface area contributed by atoms with E-state index in [1.54, 1.807) is 4.31 Å². The van der Waals surface area contributed by atoms with E-state index in [9.17, 15) is 17.2 Å². The van der Waals surface area contributed by atoms with E-state index in [2.05, 4.69) is 10.1 Å². The molecule has 1 N–H and O–H groups in total. The average molecular weight is 431 g/mol. The monoisotopic (exact) mass is 430 g/mol. The molecule has 1 aliphatic carbocycles. The quantitative estimate of drug-likeness (QED) is 0.721. The van der Waals surface area contributed by atoms with Crippen LogP contribution >= 0.6 is 0 Å². The van der Waals surface area contributed by atoms with Crippen molar-refractivity contribution in [2.24, 2.45) is 17.8 Å². The molecule has 0 spiro atoms. The second-order valence-corrected chi connectivity index (χ2v) is 10.3. The van der Waals surface area contributed by atoms with Crippen molar-refractivity contribution in [2.45, 2.75) is 43.2 Å². The number of sulfonamides is 1. The van der Waals surface area contributed by atoms with Crippen LogP contribution in [0.4, 0.5) is 8.78 Å². The molecular formula is C20H28F2N2O4S. The molecule has 3 aliphatic rings. The molecule has 6 nitrogen and oxygen atoms in total. The summed E-state index contributed by atoms with van der Waals surface area (Å²) in [7, 11) is -3.62. The number of nitrogens with zero attached hydrogens (tertiary/aromatic N) is 1. The molecule has 2 saturated heterocycles. The van der Waals surface area contributed by atoms with Gasteiger partial charge in [0.25, 0.3) is 0 Å². The van der Waals surface area contributed by atoms with Gasteiger partial charge in [0.05, 0.1) is 4.90 Å². The summed E-state index contributed by atoms with van der Waals surface area (Å²) in [6, 6.07) is 5.67. The van der Waals surface area contributed by atoms with Crippen molar-refractivity contribution in [2.75, 3.05) is 32.8 Å².